The van der Waals surface area contributed by atoms with E-state index in [1.807, 2.05) is 30.3 Å². The van der Waals surface area contributed by atoms with Crippen LogP contribution in [0, 0.1) is 0 Å². The summed E-state index contributed by atoms with van der Waals surface area (Å²) in [5, 5.41) is 7.64. The maximum Gasteiger partial charge on any atom is 0.338 e. The summed E-state index contributed by atoms with van der Waals surface area (Å²) in [4.78, 5) is 16.3. The highest BCUT2D eigenvalue weighted by Gasteiger charge is 2.17. The predicted molar refractivity (Wildman–Crippen MR) is 99.5 cm³/mol. The van der Waals surface area contributed by atoms with Gasteiger partial charge in [-0.15, -0.1) is 11.3 Å². The fraction of sp³-hybridized carbons (Fsp3) is 0.0588. The van der Waals surface area contributed by atoms with Gasteiger partial charge in [0.1, 0.15) is 16.5 Å². The Bertz CT molecular complexity index is 1050. The molecule has 0 aliphatic carbocycles. The number of nitrogens with zero attached hydrogens (tertiary/aromatic N) is 1. The lowest BCUT2D eigenvalue weighted by molar-refractivity contribution is 0.0468. The molecule has 0 bridgehead atoms. The number of carbonyl (C=O) groups is 1. The average Bonchev–Trinajstić information content (AvgIpc) is 3.09. The fourth-order valence-corrected chi connectivity index (χ4v) is 4.04. The van der Waals surface area contributed by atoms with Crippen LogP contribution in [-0.4, -0.2) is 19.4 Å². The van der Waals surface area contributed by atoms with Gasteiger partial charge in [0.25, 0.3) is 0 Å². The van der Waals surface area contributed by atoms with Crippen molar-refractivity contribution in [1.29, 1.82) is 0 Å². The summed E-state index contributed by atoms with van der Waals surface area (Å²) in [6.07, 6.45) is 0. The summed E-state index contributed by atoms with van der Waals surface area (Å²) in [6.45, 7) is -0.0322. The number of ether oxygens (including phenoxy) is 1. The fourth-order valence-electron chi connectivity index (χ4n) is 2.16. The van der Waals surface area contributed by atoms with Crippen LogP contribution in [0.1, 0.15) is 16.1 Å². The maximum absolute atomic E-state index is 12.2. The van der Waals surface area contributed by atoms with Gasteiger partial charge in [0.15, 0.2) is 0 Å². The van der Waals surface area contributed by atoms with E-state index in [1.165, 1.54) is 23.5 Å². The first-order valence-corrected chi connectivity index (χ1v) is 10.1. The third-order valence-electron chi connectivity index (χ3n) is 3.40. The molecule has 0 amide bonds. The number of benzene rings is 2. The maximum atomic E-state index is 12.2. The molecule has 0 aliphatic rings. The van der Waals surface area contributed by atoms with Crippen LogP contribution in [0.3, 0.4) is 0 Å². The number of nitrogens with two attached hydrogens (primary N) is 1. The van der Waals surface area contributed by atoms with Gasteiger partial charge in [-0.1, -0.05) is 41.9 Å². The number of rotatable bonds is 5. The van der Waals surface area contributed by atoms with E-state index in [9.17, 15) is 13.2 Å². The number of carbonyl (C=O) groups excluding carboxylic acids is 1. The van der Waals surface area contributed by atoms with Gasteiger partial charge in [-0.3, -0.25) is 0 Å². The minimum absolute atomic E-state index is 0.0322. The van der Waals surface area contributed by atoms with E-state index in [2.05, 4.69) is 4.98 Å². The molecular weight excluding hydrogens is 396 g/mol. The first-order valence-electron chi connectivity index (χ1n) is 7.34. The summed E-state index contributed by atoms with van der Waals surface area (Å²) in [6, 6.07) is 13.4. The van der Waals surface area contributed by atoms with Gasteiger partial charge in [-0.05, 0) is 18.2 Å². The zero-order valence-corrected chi connectivity index (χ0v) is 15.6. The van der Waals surface area contributed by atoms with Crippen molar-refractivity contribution < 1.29 is 17.9 Å². The minimum atomic E-state index is -4.03. The van der Waals surface area contributed by atoms with Gasteiger partial charge in [-0.2, -0.15) is 0 Å². The normalized spacial score (nSPS) is 11.3. The third kappa shape index (κ3) is 4.28. The average molecular weight is 409 g/mol. The number of esters is 1. The third-order valence-corrected chi connectivity index (χ3v) is 5.73. The number of primary sulfonamides is 1. The van der Waals surface area contributed by atoms with Crippen LogP contribution in [0.25, 0.3) is 10.6 Å². The summed E-state index contributed by atoms with van der Waals surface area (Å²) in [5.74, 6) is -0.694. The molecule has 3 rings (SSSR count). The summed E-state index contributed by atoms with van der Waals surface area (Å²) in [7, 11) is -4.03. The van der Waals surface area contributed by atoms with E-state index in [-0.39, 0.29) is 22.1 Å². The number of hydrogen-bond acceptors (Lipinski definition) is 6. The zero-order valence-electron chi connectivity index (χ0n) is 13.3. The minimum Gasteiger partial charge on any atom is -0.456 e. The second kappa shape index (κ2) is 7.55. The summed E-state index contributed by atoms with van der Waals surface area (Å²) in [5.41, 5.74) is 1.62. The lowest BCUT2D eigenvalue weighted by Crippen LogP contribution is -2.14. The molecule has 26 heavy (non-hydrogen) atoms. The predicted octanol–water partition coefficient (Wildman–Crippen LogP) is 3.47. The van der Waals surface area contributed by atoms with Crippen molar-refractivity contribution in [1.82, 2.24) is 4.98 Å². The monoisotopic (exact) mass is 408 g/mol. The molecule has 0 spiro atoms. The van der Waals surface area contributed by atoms with Crippen LogP contribution in [0.5, 0.6) is 0 Å². The Hall–Kier alpha value is -2.26. The van der Waals surface area contributed by atoms with E-state index in [4.69, 9.17) is 21.5 Å². The number of thiazole rings is 1. The number of sulfonamides is 1. The Labute approximate surface area is 159 Å². The molecule has 0 saturated carbocycles. The van der Waals surface area contributed by atoms with Crippen molar-refractivity contribution in [2.45, 2.75) is 11.5 Å². The topological polar surface area (TPSA) is 99.4 Å². The number of aromatic nitrogens is 1. The van der Waals surface area contributed by atoms with Crippen molar-refractivity contribution in [3.63, 3.8) is 0 Å². The first kappa shape index (κ1) is 18.5. The molecule has 0 fully saturated rings. The Morgan fingerprint density at radius 2 is 1.92 bits per heavy atom. The zero-order chi connectivity index (χ0) is 18.7. The molecule has 3 aromatic rings. The van der Waals surface area contributed by atoms with Crippen LogP contribution in [-0.2, 0) is 21.4 Å². The largest absolute Gasteiger partial charge is 0.456 e. The lowest BCUT2D eigenvalue weighted by Gasteiger charge is -2.06. The SMILES string of the molecule is NS(=O)(=O)c1cc(C(=O)OCc2csc(-c3ccccc3)n2)ccc1Cl. The first-order chi connectivity index (χ1) is 12.3. The smallest absolute Gasteiger partial charge is 0.338 e. The molecular formula is C17H13ClN2O4S2. The van der Waals surface area contributed by atoms with Crippen molar-refractivity contribution in [2.75, 3.05) is 0 Å². The van der Waals surface area contributed by atoms with Crippen LogP contribution < -0.4 is 5.14 Å². The van der Waals surface area contributed by atoms with E-state index in [0.717, 1.165) is 16.6 Å². The van der Waals surface area contributed by atoms with Gasteiger partial charge >= 0.3 is 5.97 Å². The van der Waals surface area contributed by atoms with E-state index < -0.39 is 16.0 Å². The van der Waals surface area contributed by atoms with Crippen LogP contribution >= 0.6 is 22.9 Å². The molecule has 0 unspecified atom stereocenters. The van der Waals surface area contributed by atoms with Crippen LogP contribution in [0.2, 0.25) is 5.02 Å². The second-order valence-corrected chi connectivity index (χ2v) is 8.07. The molecule has 2 aromatic carbocycles. The molecule has 2 N–H and O–H groups in total. The molecule has 0 atom stereocenters. The van der Waals surface area contributed by atoms with Gasteiger partial charge in [0, 0.05) is 10.9 Å². The van der Waals surface area contributed by atoms with Gasteiger partial charge in [0.05, 0.1) is 16.3 Å². The van der Waals surface area contributed by atoms with Gasteiger partial charge in [0.2, 0.25) is 10.0 Å². The van der Waals surface area contributed by atoms with Crippen molar-refractivity contribution in [3.8, 4) is 10.6 Å². The number of halogens is 1. The standard InChI is InChI=1S/C17H13ClN2O4S2/c18-14-7-6-12(8-15(14)26(19,22)23)17(21)24-9-13-10-25-16(20-13)11-4-2-1-3-5-11/h1-8,10H,9H2,(H2,19,22,23). The summed E-state index contributed by atoms with van der Waals surface area (Å²) < 4.78 is 28.2. The molecule has 134 valence electrons. The van der Waals surface area contributed by atoms with E-state index >= 15 is 0 Å². The lowest BCUT2D eigenvalue weighted by atomic mass is 10.2. The van der Waals surface area contributed by atoms with Gasteiger partial charge < -0.3 is 4.74 Å². The Kier molecular flexibility index (Phi) is 5.38. The number of hydrogen-bond donors (Lipinski definition) is 1. The quantitative estimate of drug-likeness (QED) is 0.651. The molecule has 1 aromatic heterocycles. The molecule has 0 aliphatic heterocycles. The Balaban J connectivity index is 1.71. The Morgan fingerprint density at radius 3 is 2.62 bits per heavy atom. The highest BCUT2D eigenvalue weighted by molar-refractivity contribution is 7.89. The van der Waals surface area contributed by atoms with E-state index in [1.54, 1.807) is 5.38 Å². The van der Waals surface area contributed by atoms with Crippen LogP contribution in [0.15, 0.2) is 58.8 Å². The Morgan fingerprint density at radius 1 is 1.19 bits per heavy atom. The molecule has 6 nitrogen and oxygen atoms in total. The molecule has 1 heterocycles. The van der Waals surface area contributed by atoms with E-state index in [0.29, 0.717) is 5.69 Å². The van der Waals surface area contributed by atoms with Gasteiger partial charge in [-0.25, -0.2) is 23.3 Å². The summed E-state index contributed by atoms with van der Waals surface area (Å²) >= 11 is 7.24. The van der Waals surface area contributed by atoms with Crippen molar-refractivity contribution in [3.05, 3.63) is 70.2 Å². The van der Waals surface area contributed by atoms with Crippen molar-refractivity contribution in [2.24, 2.45) is 5.14 Å². The second-order valence-electron chi connectivity index (χ2n) is 5.28. The highest BCUT2D eigenvalue weighted by atomic mass is 35.5. The van der Waals surface area contributed by atoms with Crippen molar-refractivity contribution >= 4 is 38.9 Å². The molecule has 0 radical (unpaired) electrons. The highest BCUT2D eigenvalue weighted by Crippen LogP contribution is 2.24. The van der Waals surface area contributed by atoms with Crippen LogP contribution in [0.4, 0.5) is 0 Å². The molecule has 0 saturated heterocycles. The molecule has 9 heteroatoms.